The number of fused-ring (bicyclic) bond motifs is 2. The smallest absolute Gasteiger partial charge is 0.341 e. The maximum Gasteiger partial charge on any atom is 0.341 e. The van der Waals surface area contributed by atoms with E-state index in [-0.39, 0.29) is 22.3 Å². The van der Waals surface area contributed by atoms with Crippen molar-refractivity contribution in [2.75, 3.05) is 12.4 Å². The summed E-state index contributed by atoms with van der Waals surface area (Å²) in [6.07, 6.45) is 0.842. The molecule has 1 amide bonds. The van der Waals surface area contributed by atoms with Gasteiger partial charge in [-0.3, -0.25) is 4.79 Å². The molecule has 0 saturated carbocycles. The van der Waals surface area contributed by atoms with Crippen LogP contribution in [0.5, 0.6) is 0 Å². The van der Waals surface area contributed by atoms with Gasteiger partial charge in [0.1, 0.15) is 16.3 Å². The Balaban J connectivity index is 1.55. The Morgan fingerprint density at radius 2 is 1.95 bits per heavy atom. The van der Waals surface area contributed by atoms with Gasteiger partial charge >= 0.3 is 5.97 Å². The van der Waals surface area contributed by atoms with Crippen molar-refractivity contribution >= 4 is 33.9 Å². The SMILES string of the molecule is COC(=O)c1c(NC(=O)c2cnn3c(C(F)F)cc(-c4ccccc4)nc23)sc2c1CCC(C(C)(C)C)C2. The molecule has 1 unspecified atom stereocenters. The van der Waals surface area contributed by atoms with Crippen molar-refractivity contribution in [2.24, 2.45) is 11.3 Å². The van der Waals surface area contributed by atoms with Crippen molar-refractivity contribution in [3.63, 3.8) is 0 Å². The molecule has 1 atom stereocenters. The molecule has 1 aliphatic carbocycles. The molecule has 38 heavy (non-hydrogen) atoms. The molecule has 0 saturated heterocycles. The minimum absolute atomic E-state index is 0.00730. The third kappa shape index (κ3) is 4.69. The van der Waals surface area contributed by atoms with Crippen LogP contribution in [0.4, 0.5) is 13.8 Å². The molecule has 10 heteroatoms. The van der Waals surface area contributed by atoms with Crippen LogP contribution in [-0.2, 0) is 17.6 Å². The van der Waals surface area contributed by atoms with Gasteiger partial charge in [0.2, 0.25) is 0 Å². The van der Waals surface area contributed by atoms with Crippen LogP contribution in [0.15, 0.2) is 42.6 Å². The van der Waals surface area contributed by atoms with Crippen LogP contribution in [0.1, 0.15) is 70.5 Å². The third-order valence-electron chi connectivity index (χ3n) is 7.14. The Morgan fingerprint density at radius 3 is 2.61 bits per heavy atom. The molecule has 0 fully saturated rings. The molecule has 1 aromatic carbocycles. The zero-order valence-electron chi connectivity index (χ0n) is 21.5. The van der Waals surface area contributed by atoms with E-state index in [0.29, 0.717) is 34.2 Å². The number of amides is 1. The molecule has 3 heterocycles. The quantitative estimate of drug-likeness (QED) is 0.290. The minimum Gasteiger partial charge on any atom is -0.465 e. The molecule has 5 rings (SSSR count). The number of esters is 1. The second-order valence-corrected chi connectivity index (χ2v) is 11.6. The summed E-state index contributed by atoms with van der Waals surface area (Å²) < 4.78 is 33.9. The molecule has 1 aliphatic rings. The van der Waals surface area contributed by atoms with E-state index in [0.717, 1.165) is 27.8 Å². The first-order chi connectivity index (χ1) is 18.1. The van der Waals surface area contributed by atoms with Crippen molar-refractivity contribution in [3.8, 4) is 11.3 Å². The molecular formula is C28H28F2N4O3S. The van der Waals surface area contributed by atoms with Crippen LogP contribution >= 0.6 is 11.3 Å². The number of thiophene rings is 1. The lowest BCUT2D eigenvalue weighted by Gasteiger charge is -2.33. The largest absolute Gasteiger partial charge is 0.465 e. The number of alkyl halides is 2. The lowest BCUT2D eigenvalue weighted by Crippen LogP contribution is -2.26. The van der Waals surface area contributed by atoms with Crippen molar-refractivity contribution in [3.05, 3.63) is 69.9 Å². The molecule has 7 nitrogen and oxygen atoms in total. The molecule has 0 aliphatic heterocycles. The highest BCUT2D eigenvalue weighted by Gasteiger charge is 2.34. The molecule has 0 spiro atoms. The molecule has 3 aromatic heterocycles. The fourth-order valence-corrected chi connectivity index (χ4v) is 6.27. The number of hydrogen-bond acceptors (Lipinski definition) is 6. The predicted molar refractivity (Wildman–Crippen MR) is 142 cm³/mol. The van der Waals surface area contributed by atoms with E-state index in [1.807, 2.05) is 6.07 Å². The molecule has 0 radical (unpaired) electrons. The van der Waals surface area contributed by atoms with E-state index in [1.54, 1.807) is 24.3 Å². The number of rotatable bonds is 5. The van der Waals surface area contributed by atoms with Crippen molar-refractivity contribution < 1.29 is 23.1 Å². The molecule has 1 N–H and O–H groups in total. The second-order valence-electron chi connectivity index (χ2n) is 10.5. The number of nitrogens with zero attached hydrogens (tertiary/aromatic N) is 3. The zero-order chi connectivity index (χ0) is 27.2. The molecule has 0 bridgehead atoms. The molecule has 198 valence electrons. The number of carbonyl (C=O) groups excluding carboxylic acids is 2. The van der Waals surface area contributed by atoms with Crippen molar-refractivity contribution in [1.29, 1.82) is 0 Å². The van der Waals surface area contributed by atoms with Gasteiger partial charge in [-0.25, -0.2) is 23.1 Å². The highest BCUT2D eigenvalue weighted by molar-refractivity contribution is 7.17. The zero-order valence-corrected chi connectivity index (χ0v) is 22.4. The van der Waals surface area contributed by atoms with Gasteiger partial charge in [-0.05, 0) is 42.2 Å². The van der Waals surface area contributed by atoms with Gasteiger partial charge in [0.15, 0.2) is 5.65 Å². The highest BCUT2D eigenvalue weighted by atomic mass is 32.1. The van der Waals surface area contributed by atoms with Gasteiger partial charge in [0, 0.05) is 10.4 Å². The number of benzene rings is 1. The standard InChI is InChI=1S/C28H28F2N4O3S/c1-28(2,3)16-10-11-17-21(12-16)38-26(22(17)27(36)37-4)33-25(35)18-14-31-34-20(23(29)30)13-19(32-24(18)34)15-8-6-5-7-9-15/h5-9,13-14,16,23H,10-12H2,1-4H3,(H,33,35). The van der Waals surface area contributed by atoms with E-state index >= 15 is 0 Å². The van der Waals surface area contributed by atoms with Gasteiger partial charge in [-0.2, -0.15) is 5.10 Å². The number of nitrogens with one attached hydrogen (secondary N) is 1. The van der Waals surface area contributed by atoms with Gasteiger partial charge in [0.05, 0.1) is 24.6 Å². The Hall–Kier alpha value is -3.66. The van der Waals surface area contributed by atoms with E-state index in [2.05, 4.69) is 36.2 Å². The summed E-state index contributed by atoms with van der Waals surface area (Å²) in [5, 5.41) is 7.26. The number of carbonyl (C=O) groups is 2. The van der Waals surface area contributed by atoms with Crippen molar-refractivity contribution in [1.82, 2.24) is 14.6 Å². The lowest BCUT2D eigenvalue weighted by molar-refractivity contribution is 0.0600. The monoisotopic (exact) mass is 538 g/mol. The number of halogens is 2. The maximum absolute atomic E-state index is 13.9. The van der Waals surface area contributed by atoms with Crippen LogP contribution in [0, 0.1) is 11.3 Å². The average Bonchev–Trinajstić information content (AvgIpc) is 3.48. The van der Waals surface area contributed by atoms with Gasteiger partial charge in [-0.15, -0.1) is 11.3 Å². The van der Waals surface area contributed by atoms with Crippen LogP contribution in [0.3, 0.4) is 0 Å². The molecular weight excluding hydrogens is 510 g/mol. The third-order valence-corrected chi connectivity index (χ3v) is 8.31. The number of hydrogen-bond donors (Lipinski definition) is 1. The van der Waals surface area contributed by atoms with E-state index in [9.17, 15) is 18.4 Å². The lowest BCUT2D eigenvalue weighted by atomic mass is 9.72. The van der Waals surface area contributed by atoms with Crippen LogP contribution in [0.2, 0.25) is 0 Å². The Kier molecular flexibility index (Phi) is 6.77. The fraction of sp³-hybridized carbons (Fsp3) is 0.357. The summed E-state index contributed by atoms with van der Waals surface area (Å²) in [6, 6.07) is 10.2. The van der Waals surface area contributed by atoms with E-state index < -0.39 is 18.3 Å². The van der Waals surface area contributed by atoms with E-state index in [1.165, 1.54) is 30.7 Å². The number of aromatic nitrogens is 3. The normalized spacial score (nSPS) is 15.5. The predicted octanol–water partition coefficient (Wildman–Crippen LogP) is 6.59. The number of ether oxygens (including phenoxy) is 1. The molecule has 4 aromatic rings. The van der Waals surface area contributed by atoms with E-state index in [4.69, 9.17) is 4.74 Å². The summed E-state index contributed by atoms with van der Waals surface area (Å²) in [7, 11) is 1.31. The first-order valence-electron chi connectivity index (χ1n) is 12.3. The first kappa shape index (κ1) is 26.0. The average molecular weight is 539 g/mol. The summed E-state index contributed by atoms with van der Waals surface area (Å²) in [5.41, 5.74) is 1.97. The van der Waals surface area contributed by atoms with Gasteiger partial charge < -0.3 is 10.1 Å². The van der Waals surface area contributed by atoms with Crippen LogP contribution in [-0.4, -0.2) is 33.6 Å². The van der Waals surface area contributed by atoms with Gasteiger partial charge in [-0.1, -0.05) is 51.1 Å². The number of anilines is 1. The summed E-state index contributed by atoms with van der Waals surface area (Å²) in [6.45, 7) is 6.61. The second kappa shape index (κ2) is 9.90. The Bertz CT molecular complexity index is 1520. The maximum atomic E-state index is 13.9. The van der Waals surface area contributed by atoms with Gasteiger partial charge in [0.25, 0.3) is 12.3 Å². The summed E-state index contributed by atoms with van der Waals surface area (Å²) >= 11 is 1.36. The minimum atomic E-state index is -2.83. The topological polar surface area (TPSA) is 85.6 Å². The summed E-state index contributed by atoms with van der Waals surface area (Å²) in [4.78, 5) is 31.8. The highest BCUT2D eigenvalue weighted by Crippen LogP contribution is 2.44. The first-order valence-corrected chi connectivity index (χ1v) is 13.2. The Labute approximate surface area is 222 Å². The Morgan fingerprint density at radius 1 is 1.21 bits per heavy atom. The summed E-state index contributed by atoms with van der Waals surface area (Å²) in [5.74, 6) is -0.666. The van der Waals surface area contributed by atoms with Crippen LogP contribution < -0.4 is 5.32 Å². The van der Waals surface area contributed by atoms with Crippen molar-refractivity contribution in [2.45, 2.75) is 46.5 Å². The number of methoxy groups -OCH3 is 1. The van der Waals surface area contributed by atoms with Crippen LogP contribution in [0.25, 0.3) is 16.9 Å². The fourth-order valence-electron chi connectivity index (χ4n) is 4.96.